The first kappa shape index (κ1) is 21.3. The van der Waals surface area contributed by atoms with Crippen LogP contribution in [-0.2, 0) is 21.8 Å². The molecule has 0 atom stereocenters. The molecule has 0 aromatic heterocycles. The maximum Gasteiger partial charge on any atom is 0.305 e. The summed E-state index contributed by atoms with van der Waals surface area (Å²) in [5.41, 5.74) is 2.06. The molecule has 0 radical (unpaired) electrons. The lowest BCUT2D eigenvalue weighted by Crippen LogP contribution is -2.37. The second-order valence-electron chi connectivity index (χ2n) is 5.59. The molecule has 25 heavy (non-hydrogen) atoms. The van der Waals surface area contributed by atoms with Crippen LogP contribution in [0.1, 0.15) is 36.8 Å². The first-order valence-corrected chi connectivity index (χ1v) is 9.77. The minimum Gasteiger partial charge on any atom is -0.469 e. The third kappa shape index (κ3) is 8.77. The van der Waals surface area contributed by atoms with E-state index in [1.807, 2.05) is 12.3 Å². The number of aliphatic imine (C=N–C) groups is 1. The number of methoxy groups -OCH3 is 1. The van der Waals surface area contributed by atoms with Crippen LogP contribution in [0.3, 0.4) is 0 Å². The molecule has 0 heterocycles. The number of esters is 1. The summed E-state index contributed by atoms with van der Waals surface area (Å²) in [6, 6.07) is 4.89. The highest BCUT2D eigenvalue weighted by molar-refractivity contribution is 7.97. The van der Waals surface area contributed by atoms with Gasteiger partial charge < -0.3 is 15.4 Å². The molecular weight excluding hydrogens is 341 g/mol. The van der Waals surface area contributed by atoms with Crippen molar-refractivity contribution in [3.63, 3.8) is 0 Å². The summed E-state index contributed by atoms with van der Waals surface area (Å²) in [6.07, 6.45) is 5.20. The van der Waals surface area contributed by atoms with Gasteiger partial charge in [-0.1, -0.05) is 12.5 Å². The van der Waals surface area contributed by atoms with Gasteiger partial charge in [0.2, 0.25) is 0 Å². The van der Waals surface area contributed by atoms with Crippen LogP contribution in [0.2, 0.25) is 0 Å². The first-order valence-electron chi connectivity index (χ1n) is 8.38. The molecule has 0 amide bonds. The topological polar surface area (TPSA) is 62.7 Å². The Bertz CT molecular complexity index is 567. The molecular formula is C18H28FN3O2S. The van der Waals surface area contributed by atoms with Crippen LogP contribution in [0.5, 0.6) is 0 Å². The maximum absolute atomic E-state index is 13.4. The number of rotatable bonds is 10. The van der Waals surface area contributed by atoms with Crippen LogP contribution in [-0.4, -0.2) is 38.9 Å². The largest absolute Gasteiger partial charge is 0.469 e. The minimum atomic E-state index is -0.206. The van der Waals surface area contributed by atoms with E-state index in [9.17, 15) is 9.18 Å². The molecule has 0 fully saturated rings. The van der Waals surface area contributed by atoms with Gasteiger partial charge in [-0.2, -0.15) is 11.8 Å². The standard InChI is InChI=1S/C18H28FN3O2S/c1-20-18(21-10-6-4-5-7-17(23)24-2)22-12-14-8-9-16(19)11-15(14)13-25-3/h8-9,11H,4-7,10,12-13H2,1-3H3,(H2,20,21,22). The number of ether oxygens (including phenoxy) is 1. The molecule has 0 bridgehead atoms. The number of carbonyl (C=O) groups is 1. The van der Waals surface area contributed by atoms with Crippen molar-refractivity contribution in [1.82, 2.24) is 10.6 Å². The van der Waals surface area contributed by atoms with E-state index in [1.54, 1.807) is 24.9 Å². The zero-order valence-electron chi connectivity index (χ0n) is 15.2. The SMILES string of the molecule is CN=C(NCCCCCC(=O)OC)NCc1ccc(F)cc1CSC. The van der Waals surface area contributed by atoms with E-state index in [2.05, 4.69) is 20.4 Å². The molecule has 0 aliphatic rings. The van der Waals surface area contributed by atoms with E-state index in [0.717, 1.165) is 42.7 Å². The van der Waals surface area contributed by atoms with Crippen molar-refractivity contribution in [3.8, 4) is 0 Å². The smallest absolute Gasteiger partial charge is 0.305 e. The first-order chi connectivity index (χ1) is 12.1. The van der Waals surface area contributed by atoms with E-state index >= 15 is 0 Å². The highest BCUT2D eigenvalue weighted by Gasteiger charge is 2.05. The summed E-state index contributed by atoms with van der Waals surface area (Å²) in [4.78, 5) is 15.2. The number of nitrogens with one attached hydrogen (secondary N) is 2. The van der Waals surface area contributed by atoms with Crippen LogP contribution in [0.15, 0.2) is 23.2 Å². The highest BCUT2D eigenvalue weighted by atomic mass is 32.2. The average molecular weight is 370 g/mol. The second-order valence-corrected chi connectivity index (χ2v) is 6.45. The number of carbonyl (C=O) groups excluding carboxylic acids is 1. The van der Waals surface area contributed by atoms with Crippen molar-refractivity contribution in [1.29, 1.82) is 0 Å². The van der Waals surface area contributed by atoms with Crippen molar-refractivity contribution < 1.29 is 13.9 Å². The Labute approximate surface area is 153 Å². The lowest BCUT2D eigenvalue weighted by molar-refractivity contribution is -0.140. The molecule has 2 N–H and O–H groups in total. The van der Waals surface area contributed by atoms with Crippen LogP contribution in [0.4, 0.5) is 4.39 Å². The fourth-order valence-corrected chi connectivity index (χ4v) is 2.92. The van der Waals surface area contributed by atoms with Gasteiger partial charge in [0, 0.05) is 32.3 Å². The van der Waals surface area contributed by atoms with Gasteiger partial charge >= 0.3 is 5.97 Å². The van der Waals surface area contributed by atoms with Gasteiger partial charge in [-0.05, 0) is 42.4 Å². The minimum absolute atomic E-state index is 0.161. The Hall–Kier alpha value is -1.76. The Morgan fingerprint density at radius 2 is 2.04 bits per heavy atom. The van der Waals surface area contributed by atoms with Crippen molar-refractivity contribution >= 4 is 23.7 Å². The Morgan fingerprint density at radius 1 is 1.24 bits per heavy atom. The van der Waals surface area contributed by atoms with E-state index in [4.69, 9.17) is 0 Å². The third-order valence-corrected chi connectivity index (χ3v) is 4.32. The summed E-state index contributed by atoms with van der Waals surface area (Å²) in [6.45, 7) is 1.38. The molecule has 7 heteroatoms. The molecule has 0 spiro atoms. The van der Waals surface area contributed by atoms with E-state index < -0.39 is 0 Å². The number of hydrogen-bond acceptors (Lipinski definition) is 4. The summed E-state index contributed by atoms with van der Waals surface area (Å²) >= 11 is 1.67. The van der Waals surface area contributed by atoms with Gasteiger partial charge in [0.05, 0.1) is 7.11 Å². The number of hydrogen-bond donors (Lipinski definition) is 2. The van der Waals surface area contributed by atoms with Crippen molar-refractivity contribution in [3.05, 3.63) is 35.1 Å². The van der Waals surface area contributed by atoms with Gasteiger partial charge in [0.25, 0.3) is 0 Å². The fraction of sp³-hybridized carbons (Fsp3) is 0.556. The molecule has 1 rings (SSSR count). The number of unbranched alkanes of at least 4 members (excludes halogenated alkanes) is 2. The van der Waals surface area contributed by atoms with Gasteiger partial charge in [0.1, 0.15) is 5.82 Å². The van der Waals surface area contributed by atoms with Crippen LogP contribution in [0, 0.1) is 5.82 Å². The van der Waals surface area contributed by atoms with Crippen LogP contribution >= 0.6 is 11.8 Å². The zero-order chi connectivity index (χ0) is 18.5. The van der Waals surface area contributed by atoms with Crippen molar-refractivity contribution in [2.75, 3.05) is 27.0 Å². The van der Waals surface area contributed by atoms with E-state index in [1.165, 1.54) is 13.2 Å². The fourth-order valence-electron chi connectivity index (χ4n) is 2.34. The molecule has 0 saturated heterocycles. The van der Waals surface area contributed by atoms with Gasteiger partial charge in [-0.15, -0.1) is 0 Å². The monoisotopic (exact) mass is 369 g/mol. The molecule has 0 aliphatic carbocycles. The molecule has 140 valence electrons. The van der Waals surface area contributed by atoms with E-state index in [0.29, 0.717) is 18.9 Å². The summed E-state index contributed by atoms with van der Waals surface area (Å²) in [5, 5.41) is 6.50. The number of thioether (sulfide) groups is 1. The zero-order valence-corrected chi connectivity index (χ0v) is 16.0. The molecule has 5 nitrogen and oxygen atoms in total. The number of halogens is 1. The quantitative estimate of drug-likeness (QED) is 0.287. The number of benzene rings is 1. The van der Waals surface area contributed by atoms with Crippen LogP contribution < -0.4 is 10.6 Å². The van der Waals surface area contributed by atoms with Gasteiger partial charge in [-0.25, -0.2) is 4.39 Å². The lowest BCUT2D eigenvalue weighted by Gasteiger charge is -2.14. The molecule has 0 aliphatic heterocycles. The normalized spacial score (nSPS) is 11.3. The van der Waals surface area contributed by atoms with Gasteiger partial charge in [-0.3, -0.25) is 9.79 Å². The average Bonchev–Trinajstić information content (AvgIpc) is 2.61. The maximum atomic E-state index is 13.4. The van der Waals surface area contributed by atoms with Crippen molar-refractivity contribution in [2.24, 2.45) is 4.99 Å². The molecule has 1 aromatic carbocycles. The van der Waals surface area contributed by atoms with Crippen LogP contribution in [0.25, 0.3) is 0 Å². The Kier molecular flexibility index (Phi) is 10.7. The van der Waals surface area contributed by atoms with Crippen molar-refractivity contribution in [2.45, 2.75) is 38.0 Å². The lowest BCUT2D eigenvalue weighted by atomic mass is 10.1. The molecule has 0 unspecified atom stereocenters. The number of guanidine groups is 1. The predicted octanol–water partition coefficient (Wildman–Crippen LogP) is 3.09. The molecule has 0 saturated carbocycles. The summed E-state index contributed by atoms with van der Waals surface area (Å²) in [5.74, 6) is 1.13. The number of nitrogens with zero attached hydrogens (tertiary/aromatic N) is 1. The van der Waals surface area contributed by atoms with Gasteiger partial charge in [0.15, 0.2) is 5.96 Å². The summed E-state index contributed by atoms with van der Waals surface area (Å²) < 4.78 is 18.0. The predicted molar refractivity (Wildman–Crippen MR) is 102 cm³/mol. The third-order valence-electron chi connectivity index (χ3n) is 3.72. The Balaban J connectivity index is 2.34. The molecule has 1 aromatic rings. The summed E-state index contributed by atoms with van der Waals surface area (Å²) in [7, 11) is 3.13. The van der Waals surface area contributed by atoms with E-state index in [-0.39, 0.29) is 11.8 Å². The highest BCUT2D eigenvalue weighted by Crippen LogP contribution is 2.16. The Morgan fingerprint density at radius 3 is 2.72 bits per heavy atom. The second kappa shape index (κ2) is 12.6.